The van der Waals surface area contributed by atoms with Crippen LogP contribution in [0.2, 0.25) is 0 Å². The zero-order valence-electron chi connectivity index (χ0n) is 9.17. The normalized spacial score (nSPS) is 10.6. The molecule has 0 aliphatic heterocycles. The molecule has 2 aromatic heterocycles. The Morgan fingerprint density at radius 3 is 2.94 bits per heavy atom. The fourth-order valence-corrected chi connectivity index (χ4v) is 2.01. The number of carbonyl (C=O) groups excluding carboxylic acids is 1. The number of rotatable bonds is 4. The predicted molar refractivity (Wildman–Crippen MR) is 60.6 cm³/mol. The lowest BCUT2D eigenvalue weighted by Crippen LogP contribution is -2.02. The number of aryl methyl sites for hydroxylation is 2. The summed E-state index contributed by atoms with van der Waals surface area (Å²) < 4.78 is 5.56. The van der Waals surface area contributed by atoms with Crippen LogP contribution in [0.5, 0.6) is 0 Å². The summed E-state index contributed by atoms with van der Waals surface area (Å²) >= 11 is 1.15. The molecule has 2 heterocycles. The van der Waals surface area contributed by atoms with Crippen LogP contribution in [0.1, 0.15) is 27.9 Å². The molecule has 16 heavy (non-hydrogen) atoms. The molecule has 2 rings (SSSR count). The van der Waals surface area contributed by atoms with E-state index in [9.17, 15) is 4.79 Å². The summed E-state index contributed by atoms with van der Waals surface area (Å²) in [6, 6.07) is 0. The maximum absolute atomic E-state index is 11.9. The fraction of sp³-hybridized carbons (Fsp3) is 0.400. The largest absolute Gasteiger partial charge is 0.293 e. The van der Waals surface area contributed by atoms with Crippen LogP contribution in [0, 0.1) is 6.92 Å². The molecule has 0 spiro atoms. The summed E-state index contributed by atoms with van der Waals surface area (Å²) in [6.07, 6.45) is 3.98. The molecule has 0 radical (unpaired) electrons. The van der Waals surface area contributed by atoms with Gasteiger partial charge >= 0.3 is 0 Å². The summed E-state index contributed by atoms with van der Waals surface area (Å²) in [5.74, 6) is 0.0585. The van der Waals surface area contributed by atoms with Crippen molar-refractivity contribution in [1.82, 2.24) is 19.4 Å². The van der Waals surface area contributed by atoms with Crippen LogP contribution in [-0.2, 0) is 13.0 Å². The number of hydrogen-bond donors (Lipinski definition) is 0. The highest BCUT2D eigenvalue weighted by Crippen LogP contribution is 2.13. The molecule has 0 bridgehead atoms. The van der Waals surface area contributed by atoms with Crippen LogP contribution in [-0.4, -0.2) is 25.2 Å². The van der Waals surface area contributed by atoms with Crippen LogP contribution in [0.4, 0.5) is 0 Å². The van der Waals surface area contributed by atoms with Crippen molar-refractivity contribution in [2.24, 2.45) is 0 Å². The molecule has 0 amide bonds. The highest BCUT2D eigenvalue weighted by molar-refractivity contribution is 7.08. The minimum Gasteiger partial charge on any atom is -0.293 e. The Morgan fingerprint density at radius 2 is 2.38 bits per heavy atom. The zero-order valence-corrected chi connectivity index (χ0v) is 9.99. The van der Waals surface area contributed by atoms with E-state index in [1.54, 1.807) is 17.8 Å². The van der Waals surface area contributed by atoms with E-state index in [2.05, 4.69) is 14.7 Å². The minimum atomic E-state index is 0.0585. The summed E-state index contributed by atoms with van der Waals surface area (Å²) in [5, 5.41) is 7.96. The van der Waals surface area contributed by atoms with Gasteiger partial charge in [-0.25, -0.2) is 0 Å². The van der Waals surface area contributed by atoms with Gasteiger partial charge in [0.1, 0.15) is 4.88 Å². The van der Waals surface area contributed by atoms with Gasteiger partial charge in [-0.2, -0.15) is 5.10 Å². The molecule has 84 valence electrons. The van der Waals surface area contributed by atoms with Crippen molar-refractivity contribution in [3.8, 4) is 0 Å². The lowest BCUT2D eigenvalue weighted by molar-refractivity contribution is 0.0996. The van der Waals surface area contributed by atoms with Crippen LogP contribution < -0.4 is 0 Å². The Morgan fingerprint density at radius 1 is 1.56 bits per heavy atom. The van der Waals surface area contributed by atoms with E-state index in [1.807, 2.05) is 13.1 Å². The second kappa shape index (κ2) is 4.52. The van der Waals surface area contributed by atoms with Gasteiger partial charge in [-0.3, -0.25) is 9.48 Å². The highest BCUT2D eigenvalue weighted by Gasteiger charge is 2.14. The third-order valence-electron chi connectivity index (χ3n) is 2.28. The van der Waals surface area contributed by atoms with Crippen molar-refractivity contribution in [2.75, 3.05) is 0 Å². The third kappa shape index (κ3) is 2.16. The predicted octanol–water partition coefficient (Wildman–Crippen LogP) is 1.49. The van der Waals surface area contributed by atoms with E-state index in [1.165, 1.54) is 0 Å². The molecule has 0 unspecified atom stereocenters. The molecule has 0 aromatic carbocycles. The van der Waals surface area contributed by atoms with E-state index in [0.29, 0.717) is 17.0 Å². The standard InChI is InChI=1S/C10H12N4OS/c1-3-14-6-8(5-11-14)4-9(15)10-7(2)12-13-16-10/h5-6H,3-4H2,1-2H3. The number of hydrogen-bond acceptors (Lipinski definition) is 5. The molecule has 0 fully saturated rings. The van der Waals surface area contributed by atoms with Gasteiger partial charge in [0.15, 0.2) is 5.78 Å². The first-order valence-corrected chi connectivity index (χ1v) is 5.81. The first-order valence-electron chi connectivity index (χ1n) is 5.04. The first-order chi connectivity index (χ1) is 7.70. The molecular weight excluding hydrogens is 224 g/mol. The average molecular weight is 236 g/mol. The molecule has 0 saturated carbocycles. The Kier molecular flexibility index (Phi) is 3.09. The van der Waals surface area contributed by atoms with Gasteiger partial charge in [-0.1, -0.05) is 4.49 Å². The summed E-state index contributed by atoms with van der Waals surface area (Å²) in [4.78, 5) is 12.5. The Bertz CT molecular complexity index is 502. The van der Waals surface area contributed by atoms with E-state index in [0.717, 1.165) is 23.6 Å². The van der Waals surface area contributed by atoms with Crippen LogP contribution in [0.15, 0.2) is 12.4 Å². The summed E-state index contributed by atoms with van der Waals surface area (Å²) in [5.41, 5.74) is 1.64. The van der Waals surface area contributed by atoms with Crippen LogP contribution >= 0.6 is 11.5 Å². The molecule has 6 heteroatoms. The highest BCUT2D eigenvalue weighted by atomic mass is 32.1. The van der Waals surface area contributed by atoms with Gasteiger partial charge in [-0.05, 0) is 30.9 Å². The maximum Gasteiger partial charge on any atom is 0.180 e. The lowest BCUT2D eigenvalue weighted by atomic mass is 10.1. The molecule has 5 nitrogen and oxygen atoms in total. The average Bonchev–Trinajstić information content (AvgIpc) is 2.86. The Hall–Kier alpha value is -1.56. The topological polar surface area (TPSA) is 60.7 Å². The molecule has 0 aliphatic carbocycles. The number of nitrogens with zero attached hydrogens (tertiary/aromatic N) is 4. The second-order valence-electron chi connectivity index (χ2n) is 3.49. The van der Waals surface area contributed by atoms with E-state index in [-0.39, 0.29) is 5.78 Å². The minimum absolute atomic E-state index is 0.0585. The molecule has 0 N–H and O–H groups in total. The van der Waals surface area contributed by atoms with Gasteiger partial charge in [0.05, 0.1) is 11.9 Å². The first kappa shape index (κ1) is 10.9. The van der Waals surface area contributed by atoms with Gasteiger partial charge in [0.25, 0.3) is 0 Å². The van der Waals surface area contributed by atoms with Crippen LogP contribution in [0.3, 0.4) is 0 Å². The number of Topliss-reactive ketones (excluding diaryl/α,β-unsaturated/α-hetero) is 1. The second-order valence-corrected chi connectivity index (χ2v) is 4.25. The fourth-order valence-electron chi connectivity index (χ4n) is 1.42. The van der Waals surface area contributed by atoms with E-state index in [4.69, 9.17) is 0 Å². The van der Waals surface area contributed by atoms with Gasteiger partial charge in [0, 0.05) is 19.2 Å². The zero-order chi connectivity index (χ0) is 11.5. The van der Waals surface area contributed by atoms with Crippen molar-refractivity contribution >= 4 is 17.3 Å². The van der Waals surface area contributed by atoms with Crippen molar-refractivity contribution in [2.45, 2.75) is 26.8 Å². The Labute approximate surface area is 97.3 Å². The maximum atomic E-state index is 11.9. The summed E-state index contributed by atoms with van der Waals surface area (Å²) in [6.45, 7) is 4.62. The summed E-state index contributed by atoms with van der Waals surface area (Å²) in [7, 11) is 0. The van der Waals surface area contributed by atoms with Crippen molar-refractivity contribution < 1.29 is 4.79 Å². The number of carbonyl (C=O) groups is 1. The van der Waals surface area contributed by atoms with Gasteiger partial charge < -0.3 is 0 Å². The van der Waals surface area contributed by atoms with E-state index < -0.39 is 0 Å². The van der Waals surface area contributed by atoms with Crippen molar-refractivity contribution in [3.63, 3.8) is 0 Å². The molecule has 0 aliphatic rings. The lowest BCUT2D eigenvalue weighted by Gasteiger charge is -1.95. The third-order valence-corrected chi connectivity index (χ3v) is 3.15. The smallest absolute Gasteiger partial charge is 0.180 e. The van der Waals surface area contributed by atoms with Gasteiger partial charge in [0.2, 0.25) is 0 Å². The SMILES string of the molecule is CCn1cc(CC(=O)c2snnc2C)cn1. The quantitative estimate of drug-likeness (QED) is 0.754. The van der Waals surface area contributed by atoms with Crippen molar-refractivity contribution in [1.29, 1.82) is 0 Å². The van der Waals surface area contributed by atoms with E-state index >= 15 is 0 Å². The number of aromatic nitrogens is 4. The monoisotopic (exact) mass is 236 g/mol. The van der Waals surface area contributed by atoms with Gasteiger partial charge in [-0.15, -0.1) is 5.10 Å². The molecule has 0 saturated heterocycles. The van der Waals surface area contributed by atoms with Crippen LogP contribution in [0.25, 0.3) is 0 Å². The van der Waals surface area contributed by atoms with Crippen molar-refractivity contribution in [3.05, 3.63) is 28.5 Å². The molecular formula is C10H12N4OS. The molecule has 2 aromatic rings. The number of ketones is 1. The molecule has 0 atom stereocenters. The Balaban J connectivity index is 2.11.